The Balaban J connectivity index is 0.000000806. The van der Waals surface area contributed by atoms with Crippen molar-refractivity contribution < 1.29 is 20.8 Å². The van der Waals surface area contributed by atoms with Gasteiger partial charge in [0.15, 0.2) is 0 Å². The first kappa shape index (κ1) is 25.1. The molecule has 0 bridgehead atoms. The van der Waals surface area contributed by atoms with Crippen molar-refractivity contribution in [3.8, 4) is 0 Å². The molecule has 0 N–H and O–H groups in total. The van der Waals surface area contributed by atoms with Crippen LogP contribution in [0.4, 0.5) is 0 Å². The summed E-state index contributed by atoms with van der Waals surface area (Å²) >= 11 is -0.826. The third kappa shape index (κ3) is 5.49. The molecular formula is C27H30Cl2Zr+2. The fourth-order valence-electron chi connectivity index (χ4n) is 4.39. The van der Waals surface area contributed by atoms with Gasteiger partial charge in [-0.3, -0.25) is 0 Å². The molecular weight excluding hydrogens is 486 g/mol. The second-order valence-corrected chi connectivity index (χ2v) is 13.7. The molecule has 0 amide bonds. The van der Waals surface area contributed by atoms with Gasteiger partial charge >= 0.3 is 37.9 Å². The summed E-state index contributed by atoms with van der Waals surface area (Å²) in [6, 6.07) is 0. The van der Waals surface area contributed by atoms with Gasteiger partial charge in [0.25, 0.3) is 0 Å². The molecule has 30 heavy (non-hydrogen) atoms. The number of hydrogen-bond donors (Lipinski definition) is 0. The first-order chi connectivity index (χ1) is 14.1. The Bertz CT molecular complexity index is 633. The van der Waals surface area contributed by atoms with Gasteiger partial charge in [-0.1, -0.05) is 90.2 Å². The van der Waals surface area contributed by atoms with Crippen molar-refractivity contribution >= 4 is 17.0 Å². The molecule has 0 aliphatic heterocycles. The van der Waals surface area contributed by atoms with Gasteiger partial charge < -0.3 is 0 Å². The summed E-state index contributed by atoms with van der Waals surface area (Å²) < 4.78 is 0. The van der Waals surface area contributed by atoms with E-state index in [9.17, 15) is 0 Å². The van der Waals surface area contributed by atoms with Crippen LogP contribution in [0.2, 0.25) is 0 Å². The molecule has 154 valence electrons. The maximum absolute atomic E-state index is 4.93. The maximum atomic E-state index is 4.93. The summed E-state index contributed by atoms with van der Waals surface area (Å²) in [6.07, 6.45) is 23.7. The van der Waals surface area contributed by atoms with E-state index >= 15 is 0 Å². The second kappa shape index (κ2) is 10.1. The van der Waals surface area contributed by atoms with E-state index in [-0.39, 0.29) is 10.8 Å². The summed E-state index contributed by atoms with van der Waals surface area (Å²) in [5.41, 5.74) is 0.311. The average molecular weight is 517 g/mol. The van der Waals surface area contributed by atoms with Gasteiger partial charge in [-0.2, -0.15) is 0 Å². The Hall–Kier alpha value is 0.423. The van der Waals surface area contributed by atoms with E-state index in [2.05, 4.69) is 103 Å². The Labute approximate surface area is 204 Å². The molecule has 0 nitrogen and oxygen atoms in total. The molecule has 2 saturated carbocycles. The number of rotatable bonds is 2. The van der Waals surface area contributed by atoms with E-state index in [0.29, 0.717) is 0 Å². The zero-order valence-electron chi connectivity index (χ0n) is 18.7. The summed E-state index contributed by atoms with van der Waals surface area (Å²) in [6.45, 7) is 13.9. The molecule has 4 aliphatic rings. The van der Waals surface area contributed by atoms with Crippen molar-refractivity contribution in [2.24, 2.45) is 10.8 Å². The minimum absolute atomic E-state index is 0.155. The van der Waals surface area contributed by atoms with E-state index in [1.807, 2.05) is 0 Å². The van der Waals surface area contributed by atoms with Crippen molar-refractivity contribution in [3.63, 3.8) is 0 Å². The van der Waals surface area contributed by atoms with Crippen molar-refractivity contribution in [2.45, 2.75) is 48.0 Å². The third-order valence-electron chi connectivity index (χ3n) is 5.76. The van der Waals surface area contributed by atoms with Gasteiger partial charge in [0, 0.05) is 23.7 Å². The zero-order chi connectivity index (χ0) is 22.1. The van der Waals surface area contributed by atoms with Crippen molar-refractivity contribution in [1.82, 2.24) is 0 Å². The Morgan fingerprint density at radius 1 is 0.600 bits per heavy atom. The third-order valence-corrected chi connectivity index (χ3v) is 5.76. The van der Waals surface area contributed by atoms with Crippen LogP contribution >= 0.6 is 17.0 Å². The quantitative estimate of drug-likeness (QED) is 0.348. The van der Waals surface area contributed by atoms with Crippen LogP contribution in [0.3, 0.4) is 0 Å². The van der Waals surface area contributed by atoms with Gasteiger partial charge in [-0.15, -0.1) is 0 Å². The van der Waals surface area contributed by atoms with Crippen LogP contribution in [0.5, 0.6) is 0 Å². The Morgan fingerprint density at radius 3 is 1.20 bits per heavy atom. The summed E-state index contributed by atoms with van der Waals surface area (Å²) in [7, 11) is 9.87. The van der Waals surface area contributed by atoms with Crippen molar-refractivity contribution in [2.75, 3.05) is 0 Å². The molecule has 0 saturated heterocycles. The molecule has 0 aromatic heterocycles. The van der Waals surface area contributed by atoms with Crippen LogP contribution in [0, 0.1) is 71.0 Å². The normalized spacial score (nSPS) is 24.8. The van der Waals surface area contributed by atoms with Crippen LogP contribution in [-0.2, 0) is 20.8 Å². The summed E-state index contributed by atoms with van der Waals surface area (Å²) in [5.74, 6) is 11.5. The standard InChI is InChI=1S/C27H30.2ClH.Zr/c1-26(2,3)24-16-18(20-11-7-9-13-22(20)24)15-19-17-25(27(4,5)6)23-14-10-8-12-21(19)23;;;/h7-14,16-17H,15H2,1-6H3;2*1H;/q;;;+4/p-2. The van der Waals surface area contributed by atoms with Gasteiger partial charge in [-0.25, -0.2) is 0 Å². The minimum atomic E-state index is -0.826. The second-order valence-electron chi connectivity index (χ2n) is 10.0. The van der Waals surface area contributed by atoms with Crippen LogP contribution in [-0.4, -0.2) is 0 Å². The molecule has 10 radical (unpaired) electrons. The van der Waals surface area contributed by atoms with Gasteiger partial charge in [0.1, 0.15) is 0 Å². The van der Waals surface area contributed by atoms with Crippen LogP contribution in [0.15, 0.2) is 48.6 Å². The first-order valence-corrected chi connectivity index (χ1v) is 16.7. The number of fused-ring (bicyclic) bond motifs is 2. The molecule has 0 heterocycles. The molecule has 0 atom stereocenters. The van der Waals surface area contributed by atoms with E-state index in [4.69, 9.17) is 17.0 Å². The first-order valence-electron chi connectivity index (χ1n) is 10.4. The molecule has 3 heteroatoms. The zero-order valence-corrected chi connectivity index (χ0v) is 22.7. The van der Waals surface area contributed by atoms with E-state index in [1.54, 1.807) is 0 Å². The van der Waals surface area contributed by atoms with Gasteiger partial charge in [-0.05, 0) is 53.8 Å². The predicted molar refractivity (Wildman–Crippen MR) is 126 cm³/mol. The topological polar surface area (TPSA) is 0 Å². The number of allylic oxidation sites excluding steroid dienone is 8. The van der Waals surface area contributed by atoms with Crippen LogP contribution < -0.4 is 0 Å². The van der Waals surface area contributed by atoms with E-state index < -0.39 is 20.8 Å². The molecule has 0 spiro atoms. The summed E-state index contributed by atoms with van der Waals surface area (Å²) in [5, 5.41) is 0. The number of halogens is 2. The van der Waals surface area contributed by atoms with E-state index in [1.165, 1.54) is 47.3 Å². The molecule has 4 aliphatic carbocycles. The monoisotopic (exact) mass is 514 g/mol. The summed E-state index contributed by atoms with van der Waals surface area (Å²) in [4.78, 5) is 0. The molecule has 0 aromatic rings. The van der Waals surface area contributed by atoms with Crippen LogP contribution in [0.1, 0.15) is 48.0 Å². The van der Waals surface area contributed by atoms with E-state index in [0.717, 1.165) is 6.42 Å². The Morgan fingerprint density at radius 2 is 0.900 bits per heavy atom. The SMILES string of the molecule is CC(C)(C)[C]1[CH][C](C[C]2[CH][C](C(C)(C)C)[C]3C=CC=C[C]23)[C]2C=CC=C[C]21.[Cl][Zr+2][Cl]. The fraction of sp³-hybridized carbons (Fsp3) is 0.333. The van der Waals surface area contributed by atoms with Crippen LogP contribution in [0.25, 0.3) is 0 Å². The molecule has 4 rings (SSSR count). The fourth-order valence-corrected chi connectivity index (χ4v) is 4.39. The van der Waals surface area contributed by atoms with Crippen molar-refractivity contribution in [1.29, 1.82) is 0 Å². The van der Waals surface area contributed by atoms with Gasteiger partial charge in [0.05, 0.1) is 0 Å². The molecule has 0 unspecified atom stereocenters. The van der Waals surface area contributed by atoms with Crippen molar-refractivity contribution in [3.05, 3.63) is 109 Å². The molecule has 0 aromatic carbocycles. The van der Waals surface area contributed by atoms with Gasteiger partial charge in [0.2, 0.25) is 0 Å². The Kier molecular flexibility index (Phi) is 8.47. The predicted octanol–water partition coefficient (Wildman–Crippen LogP) is 8.13. The average Bonchev–Trinajstić information content (AvgIpc) is 3.22. The number of hydrogen-bond acceptors (Lipinski definition) is 0. The molecule has 2 fully saturated rings.